The van der Waals surface area contributed by atoms with E-state index in [4.69, 9.17) is 14.2 Å². The number of benzene rings is 3. The maximum absolute atomic E-state index is 12.9. The lowest BCUT2D eigenvalue weighted by Crippen LogP contribution is -2.21. The first-order valence-electron chi connectivity index (χ1n) is 10.2. The zero-order chi connectivity index (χ0) is 24.4. The molecule has 0 amide bonds. The summed E-state index contributed by atoms with van der Waals surface area (Å²) in [7, 11) is 3.03. The second kappa shape index (κ2) is 9.11. The molecule has 0 bridgehead atoms. The lowest BCUT2D eigenvalue weighted by Gasteiger charge is -2.20. The first kappa shape index (κ1) is 22.6. The van der Waals surface area contributed by atoms with E-state index in [1.807, 2.05) is 0 Å². The summed E-state index contributed by atoms with van der Waals surface area (Å²) in [6.07, 6.45) is 2.77. The summed E-state index contributed by atoms with van der Waals surface area (Å²) in [5, 5.41) is 20.4. The molecule has 3 aromatic carbocycles. The Kier molecular flexibility index (Phi) is 6.05. The van der Waals surface area contributed by atoms with Crippen LogP contribution in [0.4, 0.5) is 0 Å². The molecule has 0 unspecified atom stereocenters. The fourth-order valence-corrected chi connectivity index (χ4v) is 3.75. The molecule has 34 heavy (non-hydrogen) atoms. The molecule has 0 saturated heterocycles. The van der Waals surface area contributed by atoms with Crippen LogP contribution in [-0.4, -0.2) is 42.0 Å². The number of hydrogen-bond donors (Lipinski definition) is 2. The summed E-state index contributed by atoms with van der Waals surface area (Å²) in [5.74, 6) is -1.52. The summed E-state index contributed by atoms with van der Waals surface area (Å²) in [6.45, 7) is -0.232. The van der Waals surface area contributed by atoms with Crippen LogP contribution in [0.15, 0.2) is 54.6 Å². The van der Waals surface area contributed by atoms with Crippen LogP contribution in [0, 0.1) is 0 Å². The molecule has 0 saturated carbocycles. The average molecular weight is 460 g/mol. The number of carbonyl (C=O) groups excluding carboxylic acids is 3. The standard InChI is InChI=1S/C26H20O8/c1-32-20-8-6-14(12-21(20)33-2)7-9-22(29)34-13-15-10-17-24(19(28)11-15)26(31)23-16(25(17)30)4-3-5-18(23)27/h3-12,27-28H,13H2,1-2H3/b9-7+. The van der Waals surface area contributed by atoms with E-state index in [1.54, 1.807) is 24.3 Å². The SMILES string of the molecule is COc1ccc(/C=C/C(=O)OCc2cc(O)c3c(c2)C(=O)c2cccc(O)c2C3=O)cc1OC. The van der Waals surface area contributed by atoms with Crippen molar-refractivity contribution in [2.75, 3.05) is 14.2 Å². The number of aromatic hydroxyl groups is 2. The summed E-state index contributed by atoms with van der Waals surface area (Å²) in [6, 6.07) is 12.0. The number of phenols is 2. The van der Waals surface area contributed by atoms with E-state index >= 15 is 0 Å². The van der Waals surface area contributed by atoms with E-state index in [0.29, 0.717) is 22.6 Å². The second-order valence-electron chi connectivity index (χ2n) is 7.45. The molecular weight excluding hydrogens is 440 g/mol. The van der Waals surface area contributed by atoms with Gasteiger partial charge in [0.15, 0.2) is 17.3 Å². The van der Waals surface area contributed by atoms with Gasteiger partial charge in [-0.1, -0.05) is 18.2 Å². The van der Waals surface area contributed by atoms with Crippen molar-refractivity contribution in [3.05, 3.63) is 88.0 Å². The van der Waals surface area contributed by atoms with Gasteiger partial charge in [0.2, 0.25) is 5.78 Å². The molecule has 2 N–H and O–H groups in total. The fraction of sp³-hybridized carbons (Fsp3) is 0.115. The smallest absolute Gasteiger partial charge is 0.331 e. The first-order valence-corrected chi connectivity index (χ1v) is 10.2. The summed E-state index contributed by atoms with van der Waals surface area (Å²) >= 11 is 0. The lowest BCUT2D eigenvalue weighted by atomic mass is 9.82. The van der Waals surface area contributed by atoms with E-state index in [0.717, 1.165) is 0 Å². The maximum Gasteiger partial charge on any atom is 0.331 e. The molecule has 0 radical (unpaired) electrons. The number of methoxy groups -OCH3 is 2. The normalized spacial score (nSPS) is 12.3. The van der Waals surface area contributed by atoms with Gasteiger partial charge in [-0.2, -0.15) is 0 Å². The third-order valence-electron chi connectivity index (χ3n) is 5.36. The van der Waals surface area contributed by atoms with Gasteiger partial charge in [-0.05, 0) is 47.5 Å². The number of rotatable bonds is 6. The average Bonchev–Trinajstić information content (AvgIpc) is 2.84. The largest absolute Gasteiger partial charge is 0.507 e. The molecule has 0 fully saturated rings. The van der Waals surface area contributed by atoms with E-state index < -0.39 is 23.3 Å². The van der Waals surface area contributed by atoms with Crippen molar-refractivity contribution < 1.29 is 38.8 Å². The minimum atomic E-state index is -0.651. The van der Waals surface area contributed by atoms with Gasteiger partial charge < -0.3 is 24.4 Å². The minimum Gasteiger partial charge on any atom is -0.507 e. The van der Waals surface area contributed by atoms with Crippen LogP contribution in [0.25, 0.3) is 6.08 Å². The number of ether oxygens (including phenoxy) is 3. The number of phenolic OH excluding ortho intramolecular Hbond substituents is 2. The van der Waals surface area contributed by atoms with E-state index in [1.165, 1.54) is 50.6 Å². The van der Waals surface area contributed by atoms with Crippen molar-refractivity contribution in [2.45, 2.75) is 6.61 Å². The van der Waals surface area contributed by atoms with Crippen molar-refractivity contribution in [2.24, 2.45) is 0 Å². The highest BCUT2D eigenvalue weighted by Gasteiger charge is 2.34. The number of ketones is 2. The Hall–Kier alpha value is -4.59. The Morgan fingerprint density at radius 3 is 2.32 bits per heavy atom. The van der Waals surface area contributed by atoms with Crippen LogP contribution in [-0.2, 0) is 16.1 Å². The Bertz CT molecular complexity index is 1350. The molecule has 0 aliphatic heterocycles. The molecule has 1 aliphatic rings. The van der Waals surface area contributed by atoms with Gasteiger partial charge in [-0.3, -0.25) is 9.59 Å². The van der Waals surface area contributed by atoms with Crippen LogP contribution in [0.2, 0.25) is 0 Å². The zero-order valence-corrected chi connectivity index (χ0v) is 18.3. The number of esters is 1. The third kappa shape index (κ3) is 4.09. The molecule has 172 valence electrons. The molecule has 1 aliphatic carbocycles. The van der Waals surface area contributed by atoms with Crippen molar-refractivity contribution in [3.8, 4) is 23.0 Å². The topological polar surface area (TPSA) is 119 Å². The predicted octanol–water partition coefficient (Wildman–Crippen LogP) is 3.65. The van der Waals surface area contributed by atoms with Crippen LogP contribution in [0.5, 0.6) is 23.0 Å². The number of carbonyl (C=O) groups is 3. The Labute approximate surface area is 194 Å². The quantitative estimate of drug-likeness (QED) is 0.331. The fourth-order valence-electron chi connectivity index (χ4n) is 3.75. The highest BCUT2D eigenvalue weighted by atomic mass is 16.5. The van der Waals surface area contributed by atoms with Gasteiger partial charge in [-0.15, -0.1) is 0 Å². The van der Waals surface area contributed by atoms with Crippen molar-refractivity contribution >= 4 is 23.6 Å². The summed E-state index contributed by atoms with van der Waals surface area (Å²) in [4.78, 5) is 37.9. The summed E-state index contributed by atoms with van der Waals surface area (Å²) in [5.41, 5.74) is 0.706. The highest BCUT2D eigenvalue weighted by Crippen LogP contribution is 2.37. The minimum absolute atomic E-state index is 0.0185. The van der Waals surface area contributed by atoms with E-state index in [2.05, 4.69) is 0 Å². The third-order valence-corrected chi connectivity index (χ3v) is 5.36. The molecule has 8 heteroatoms. The van der Waals surface area contributed by atoms with Gasteiger partial charge in [0.25, 0.3) is 0 Å². The monoisotopic (exact) mass is 460 g/mol. The Morgan fingerprint density at radius 2 is 1.59 bits per heavy atom. The van der Waals surface area contributed by atoms with Crippen LogP contribution >= 0.6 is 0 Å². The molecule has 0 heterocycles. The first-order chi connectivity index (χ1) is 16.3. The highest BCUT2D eigenvalue weighted by molar-refractivity contribution is 6.30. The van der Waals surface area contributed by atoms with E-state index in [9.17, 15) is 24.6 Å². The van der Waals surface area contributed by atoms with E-state index in [-0.39, 0.29) is 34.6 Å². The lowest BCUT2D eigenvalue weighted by molar-refractivity contribution is -0.138. The Morgan fingerprint density at radius 1 is 0.853 bits per heavy atom. The van der Waals surface area contributed by atoms with Gasteiger partial charge in [0.05, 0.1) is 25.3 Å². The van der Waals surface area contributed by atoms with Crippen molar-refractivity contribution in [1.29, 1.82) is 0 Å². The molecule has 3 aromatic rings. The molecule has 8 nitrogen and oxygen atoms in total. The maximum atomic E-state index is 12.9. The zero-order valence-electron chi connectivity index (χ0n) is 18.3. The van der Waals surface area contributed by atoms with Gasteiger partial charge in [-0.25, -0.2) is 4.79 Å². The molecule has 4 rings (SSSR count). The van der Waals surface area contributed by atoms with Crippen LogP contribution in [0.3, 0.4) is 0 Å². The predicted molar refractivity (Wildman–Crippen MR) is 121 cm³/mol. The van der Waals surface area contributed by atoms with Crippen LogP contribution < -0.4 is 9.47 Å². The number of hydrogen-bond acceptors (Lipinski definition) is 8. The summed E-state index contributed by atoms with van der Waals surface area (Å²) < 4.78 is 15.6. The van der Waals surface area contributed by atoms with Gasteiger partial charge in [0.1, 0.15) is 18.1 Å². The Balaban J connectivity index is 1.51. The van der Waals surface area contributed by atoms with Crippen molar-refractivity contribution in [3.63, 3.8) is 0 Å². The van der Waals surface area contributed by atoms with Gasteiger partial charge in [0, 0.05) is 17.2 Å². The molecule has 0 aromatic heterocycles. The molecular formula is C26H20O8. The second-order valence-corrected chi connectivity index (χ2v) is 7.45. The molecule has 0 spiro atoms. The van der Waals surface area contributed by atoms with Gasteiger partial charge >= 0.3 is 5.97 Å². The van der Waals surface area contributed by atoms with Crippen molar-refractivity contribution in [1.82, 2.24) is 0 Å². The van der Waals surface area contributed by atoms with Crippen LogP contribution in [0.1, 0.15) is 43.0 Å². The number of fused-ring (bicyclic) bond motifs is 2. The molecule has 0 atom stereocenters.